The normalized spacial score (nSPS) is 45.3. The summed E-state index contributed by atoms with van der Waals surface area (Å²) in [4.78, 5) is 13.8. The molecule has 0 unspecified atom stereocenters. The van der Waals surface area contributed by atoms with Crippen LogP contribution in [0.15, 0.2) is 66.8 Å². The van der Waals surface area contributed by atoms with Crippen LogP contribution in [-0.4, -0.2) is 45.1 Å². The first-order valence-electron chi connectivity index (χ1n) is 12.1. The fourth-order valence-corrected chi connectivity index (χ4v) is 6.61. The monoisotopic (exact) mass is 451 g/mol. The molecule has 1 saturated carbocycles. The van der Waals surface area contributed by atoms with Crippen LogP contribution in [0.3, 0.4) is 0 Å². The van der Waals surface area contributed by atoms with E-state index in [1.165, 1.54) is 0 Å². The molecule has 1 spiro atoms. The van der Waals surface area contributed by atoms with Crippen molar-refractivity contribution in [3.63, 3.8) is 0 Å². The minimum absolute atomic E-state index is 0.176. The van der Waals surface area contributed by atoms with Gasteiger partial charge in [0.25, 0.3) is 0 Å². The van der Waals surface area contributed by atoms with Crippen LogP contribution in [0.4, 0.5) is 0 Å². The van der Waals surface area contributed by atoms with Crippen LogP contribution in [-0.2, 0) is 11.2 Å². The van der Waals surface area contributed by atoms with E-state index in [1.807, 2.05) is 49.4 Å². The number of hydrogen-bond acceptors (Lipinski definition) is 4. The molecule has 0 bridgehead atoms. The van der Waals surface area contributed by atoms with Gasteiger partial charge >= 0.3 is 0 Å². The highest BCUT2D eigenvalue weighted by Gasteiger charge is 2.67. The van der Waals surface area contributed by atoms with Gasteiger partial charge in [-0.2, -0.15) is 0 Å². The lowest BCUT2D eigenvalue weighted by atomic mass is 9.51. The molecule has 5 nitrogen and oxygen atoms in total. The Bertz CT molecular complexity index is 952. The molecule has 1 saturated heterocycles. The number of allylic oxidation sites excluding steroid dienone is 1. The van der Waals surface area contributed by atoms with Crippen molar-refractivity contribution in [3.8, 4) is 0 Å². The SMILES string of the molecule is C=C1[C@@H](C)[C@H]2[C@H](Cc3ccccc3)NC(=O)[C@]23[C@H](O)/C=C/[C@@](C)(O)C[C@@H](C)C/C=C/[C@H]3[C@@H]1O. The summed E-state index contributed by atoms with van der Waals surface area (Å²) in [6, 6.07) is 9.80. The van der Waals surface area contributed by atoms with Gasteiger partial charge in [-0.3, -0.25) is 4.79 Å². The fraction of sp³-hybridized carbons (Fsp3) is 0.536. The number of benzene rings is 1. The first kappa shape index (κ1) is 23.9. The van der Waals surface area contributed by atoms with Crippen molar-refractivity contribution < 1.29 is 20.1 Å². The predicted molar refractivity (Wildman–Crippen MR) is 129 cm³/mol. The molecule has 1 aromatic carbocycles. The van der Waals surface area contributed by atoms with Crippen LogP contribution in [0.25, 0.3) is 0 Å². The van der Waals surface area contributed by atoms with E-state index in [2.05, 4.69) is 18.8 Å². The van der Waals surface area contributed by atoms with E-state index in [9.17, 15) is 20.1 Å². The average Bonchev–Trinajstić information content (AvgIpc) is 3.04. The largest absolute Gasteiger partial charge is 0.388 e. The highest BCUT2D eigenvalue weighted by Crippen LogP contribution is 2.57. The Balaban J connectivity index is 1.85. The molecule has 4 rings (SSSR count). The topological polar surface area (TPSA) is 89.8 Å². The van der Waals surface area contributed by atoms with E-state index in [-0.39, 0.29) is 29.7 Å². The second kappa shape index (κ2) is 8.86. The third-order valence-electron chi connectivity index (χ3n) is 8.16. The molecule has 4 N–H and O–H groups in total. The fourth-order valence-electron chi connectivity index (χ4n) is 6.61. The predicted octanol–water partition coefficient (Wildman–Crippen LogP) is 3.17. The zero-order valence-corrected chi connectivity index (χ0v) is 19.8. The highest BCUT2D eigenvalue weighted by atomic mass is 16.3. The summed E-state index contributed by atoms with van der Waals surface area (Å²) < 4.78 is 0. The smallest absolute Gasteiger partial charge is 0.230 e. The van der Waals surface area contributed by atoms with Crippen LogP contribution >= 0.6 is 0 Å². The van der Waals surface area contributed by atoms with Gasteiger partial charge in [-0.05, 0) is 49.2 Å². The van der Waals surface area contributed by atoms with Gasteiger partial charge in [0.15, 0.2) is 0 Å². The van der Waals surface area contributed by atoms with Crippen molar-refractivity contribution in [2.45, 2.75) is 63.9 Å². The van der Waals surface area contributed by atoms with Gasteiger partial charge in [-0.15, -0.1) is 0 Å². The van der Waals surface area contributed by atoms with Crippen molar-refractivity contribution >= 4 is 5.91 Å². The summed E-state index contributed by atoms with van der Waals surface area (Å²) in [6.45, 7) is 10.00. The second-order valence-corrected chi connectivity index (χ2v) is 10.7. The maximum Gasteiger partial charge on any atom is 0.230 e. The van der Waals surface area contributed by atoms with Gasteiger partial charge < -0.3 is 20.6 Å². The molecule has 1 aromatic rings. The lowest BCUT2D eigenvalue weighted by Crippen LogP contribution is -2.59. The van der Waals surface area contributed by atoms with Gasteiger partial charge in [-0.25, -0.2) is 0 Å². The third-order valence-corrected chi connectivity index (χ3v) is 8.16. The number of nitrogens with one attached hydrogen (secondary N) is 1. The van der Waals surface area contributed by atoms with Crippen LogP contribution in [0.2, 0.25) is 0 Å². The highest BCUT2D eigenvalue weighted by molar-refractivity contribution is 5.88. The number of rotatable bonds is 2. The molecule has 2 fully saturated rings. The van der Waals surface area contributed by atoms with Gasteiger partial charge in [0.05, 0.1) is 23.2 Å². The summed E-state index contributed by atoms with van der Waals surface area (Å²) in [5.41, 5.74) is -0.544. The second-order valence-electron chi connectivity index (χ2n) is 10.7. The first-order chi connectivity index (χ1) is 15.6. The number of aliphatic hydroxyl groups is 3. The molecular weight excluding hydrogens is 414 g/mol. The molecule has 33 heavy (non-hydrogen) atoms. The molecule has 0 aromatic heterocycles. The first-order valence-corrected chi connectivity index (χ1v) is 12.1. The molecular formula is C28H37NO4. The Morgan fingerprint density at radius 3 is 2.55 bits per heavy atom. The lowest BCUT2D eigenvalue weighted by Gasteiger charge is -2.51. The summed E-state index contributed by atoms with van der Waals surface area (Å²) in [5, 5.41) is 37.0. The summed E-state index contributed by atoms with van der Waals surface area (Å²) in [5.74, 6) is -1.09. The van der Waals surface area contributed by atoms with Crippen molar-refractivity contribution in [1.82, 2.24) is 5.32 Å². The van der Waals surface area contributed by atoms with E-state index in [1.54, 1.807) is 19.1 Å². The Hall–Kier alpha value is -2.21. The molecule has 1 heterocycles. The van der Waals surface area contributed by atoms with Gasteiger partial charge in [0.2, 0.25) is 5.91 Å². The van der Waals surface area contributed by atoms with Crippen molar-refractivity contribution in [1.29, 1.82) is 0 Å². The number of amides is 1. The number of hydrogen-bond donors (Lipinski definition) is 4. The summed E-state index contributed by atoms with van der Waals surface area (Å²) in [7, 11) is 0. The van der Waals surface area contributed by atoms with E-state index < -0.39 is 29.1 Å². The minimum atomic E-state index is -1.25. The van der Waals surface area contributed by atoms with E-state index in [0.717, 1.165) is 5.56 Å². The maximum absolute atomic E-state index is 13.8. The maximum atomic E-state index is 13.8. The van der Waals surface area contributed by atoms with Crippen LogP contribution in [0.1, 0.15) is 39.2 Å². The lowest BCUT2D eigenvalue weighted by molar-refractivity contribution is -0.147. The van der Waals surface area contributed by atoms with Crippen molar-refractivity contribution in [2.75, 3.05) is 0 Å². The van der Waals surface area contributed by atoms with E-state index >= 15 is 0 Å². The molecule has 3 aliphatic rings. The van der Waals surface area contributed by atoms with E-state index in [0.29, 0.717) is 24.8 Å². The van der Waals surface area contributed by atoms with Gasteiger partial charge in [-0.1, -0.05) is 75.1 Å². The van der Waals surface area contributed by atoms with E-state index in [4.69, 9.17) is 0 Å². The Labute approximate surface area is 196 Å². The molecule has 0 radical (unpaired) electrons. The quantitative estimate of drug-likeness (QED) is 0.520. The Morgan fingerprint density at radius 1 is 1.15 bits per heavy atom. The molecule has 2 aliphatic carbocycles. The Kier molecular flexibility index (Phi) is 6.43. The molecule has 1 aliphatic heterocycles. The van der Waals surface area contributed by atoms with Crippen LogP contribution < -0.4 is 5.32 Å². The van der Waals surface area contributed by atoms with Gasteiger partial charge in [0.1, 0.15) is 0 Å². The molecule has 1 amide bonds. The third kappa shape index (κ3) is 4.11. The summed E-state index contributed by atoms with van der Waals surface area (Å²) in [6.07, 6.45) is 6.88. The zero-order valence-electron chi connectivity index (χ0n) is 19.8. The minimum Gasteiger partial charge on any atom is -0.388 e. The van der Waals surface area contributed by atoms with Crippen molar-refractivity contribution in [2.24, 2.45) is 29.1 Å². The molecule has 5 heteroatoms. The van der Waals surface area contributed by atoms with Crippen LogP contribution in [0.5, 0.6) is 0 Å². The zero-order chi connectivity index (χ0) is 24.0. The molecule has 178 valence electrons. The molecule has 9 atom stereocenters. The van der Waals surface area contributed by atoms with Gasteiger partial charge in [0, 0.05) is 17.9 Å². The number of carbonyl (C=O) groups is 1. The number of aliphatic hydroxyl groups excluding tert-OH is 2. The van der Waals surface area contributed by atoms with Crippen molar-refractivity contribution in [3.05, 3.63) is 72.4 Å². The number of carbonyl (C=O) groups excluding carboxylic acids is 1. The Morgan fingerprint density at radius 2 is 1.85 bits per heavy atom. The average molecular weight is 452 g/mol. The standard InChI is InChI=1S/C28H37NO4/c1-17-9-8-12-21-25(31)19(3)18(2)24-22(15-20-10-6-5-7-11-20)29-26(32)28(21,24)23(30)13-14-27(4,33)16-17/h5-8,10-14,17-18,21-25,30-31,33H,3,9,15-16H2,1-2,4H3,(H,29,32)/b12-8+,14-13+/t17-,18+,21-,22-,23+,24-,25+,27+,28+/m0/s1. The summed E-state index contributed by atoms with van der Waals surface area (Å²) >= 11 is 0. The van der Waals surface area contributed by atoms with Crippen LogP contribution in [0, 0.1) is 29.1 Å².